The van der Waals surface area contributed by atoms with E-state index in [1.165, 1.54) is 0 Å². The summed E-state index contributed by atoms with van der Waals surface area (Å²) in [6.07, 6.45) is 0. The molecule has 1 heterocycles. The Kier molecular flexibility index (Phi) is 3.22. The van der Waals surface area contributed by atoms with Gasteiger partial charge in [0.1, 0.15) is 17.1 Å². The molecule has 2 aromatic rings. The van der Waals surface area contributed by atoms with Gasteiger partial charge in [0.25, 0.3) is 5.89 Å². The van der Waals surface area contributed by atoms with Crippen LogP contribution in [-0.4, -0.2) is 21.3 Å². The SMILES string of the molecule is Cc1nnc(COc2cc(F)ccc2C(=O)O)o1. The Labute approximate surface area is 101 Å². The molecule has 0 fully saturated rings. The fourth-order valence-electron chi connectivity index (χ4n) is 1.33. The van der Waals surface area contributed by atoms with Crippen LogP contribution < -0.4 is 4.74 Å². The van der Waals surface area contributed by atoms with Crippen molar-refractivity contribution in [2.24, 2.45) is 0 Å². The summed E-state index contributed by atoms with van der Waals surface area (Å²) in [5.74, 6) is -1.32. The van der Waals surface area contributed by atoms with E-state index in [2.05, 4.69) is 10.2 Å². The lowest BCUT2D eigenvalue weighted by molar-refractivity contribution is 0.0691. The summed E-state index contributed by atoms with van der Waals surface area (Å²) >= 11 is 0. The Bertz CT molecular complexity index is 582. The van der Waals surface area contributed by atoms with Gasteiger partial charge >= 0.3 is 5.97 Å². The lowest BCUT2D eigenvalue weighted by atomic mass is 10.2. The number of rotatable bonds is 4. The summed E-state index contributed by atoms with van der Waals surface area (Å²) in [7, 11) is 0. The predicted molar refractivity (Wildman–Crippen MR) is 56.7 cm³/mol. The molecule has 0 unspecified atom stereocenters. The molecule has 0 amide bonds. The Morgan fingerprint density at radius 1 is 1.50 bits per heavy atom. The van der Waals surface area contributed by atoms with Crippen LogP contribution in [0.25, 0.3) is 0 Å². The van der Waals surface area contributed by atoms with Crippen molar-refractivity contribution in [2.45, 2.75) is 13.5 Å². The van der Waals surface area contributed by atoms with Gasteiger partial charge < -0.3 is 14.3 Å². The van der Waals surface area contributed by atoms with E-state index in [0.717, 1.165) is 18.2 Å². The normalized spacial score (nSPS) is 10.3. The van der Waals surface area contributed by atoms with Crippen molar-refractivity contribution in [3.8, 4) is 5.75 Å². The largest absolute Gasteiger partial charge is 0.483 e. The maximum Gasteiger partial charge on any atom is 0.339 e. The minimum Gasteiger partial charge on any atom is -0.483 e. The molecule has 0 radical (unpaired) electrons. The van der Waals surface area contributed by atoms with Gasteiger partial charge in [-0.1, -0.05) is 0 Å². The second-order valence-electron chi connectivity index (χ2n) is 3.45. The van der Waals surface area contributed by atoms with E-state index >= 15 is 0 Å². The molecular weight excluding hydrogens is 243 g/mol. The number of hydrogen-bond acceptors (Lipinski definition) is 5. The van der Waals surface area contributed by atoms with Crippen LogP contribution >= 0.6 is 0 Å². The fraction of sp³-hybridized carbons (Fsp3) is 0.182. The second kappa shape index (κ2) is 4.82. The first-order chi connectivity index (χ1) is 8.56. The summed E-state index contributed by atoms with van der Waals surface area (Å²) in [5, 5.41) is 16.2. The predicted octanol–water partition coefficient (Wildman–Crippen LogP) is 1.79. The van der Waals surface area contributed by atoms with E-state index in [1.54, 1.807) is 6.92 Å². The monoisotopic (exact) mass is 252 g/mol. The van der Waals surface area contributed by atoms with Crippen LogP contribution in [-0.2, 0) is 6.61 Å². The highest BCUT2D eigenvalue weighted by Gasteiger charge is 2.13. The number of ether oxygens (including phenoxy) is 1. The van der Waals surface area contributed by atoms with Gasteiger partial charge in [-0.15, -0.1) is 10.2 Å². The van der Waals surface area contributed by atoms with Crippen molar-refractivity contribution in [1.82, 2.24) is 10.2 Å². The number of aromatic carboxylic acids is 1. The van der Waals surface area contributed by atoms with Gasteiger partial charge in [0.05, 0.1) is 0 Å². The number of halogens is 1. The van der Waals surface area contributed by atoms with Crippen molar-refractivity contribution in [1.29, 1.82) is 0 Å². The van der Waals surface area contributed by atoms with Gasteiger partial charge in [0, 0.05) is 13.0 Å². The minimum absolute atomic E-state index is 0.0849. The van der Waals surface area contributed by atoms with Crippen LogP contribution in [0.4, 0.5) is 4.39 Å². The third-order valence-electron chi connectivity index (χ3n) is 2.09. The van der Waals surface area contributed by atoms with Gasteiger partial charge in [-0.05, 0) is 12.1 Å². The standard InChI is InChI=1S/C11H9FN2O4/c1-6-13-14-10(18-6)5-17-9-4-7(12)2-3-8(9)11(15)16/h2-4H,5H2,1H3,(H,15,16). The molecule has 2 rings (SSSR count). The summed E-state index contributed by atoms with van der Waals surface area (Å²) in [6, 6.07) is 3.17. The highest BCUT2D eigenvalue weighted by Crippen LogP contribution is 2.21. The zero-order valence-corrected chi connectivity index (χ0v) is 9.38. The van der Waals surface area contributed by atoms with Crippen LogP contribution in [0.5, 0.6) is 5.75 Å². The molecule has 1 aromatic heterocycles. The zero-order valence-electron chi connectivity index (χ0n) is 9.38. The van der Waals surface area contributed by atoms with Crippen LogP contribution in [0.1, 0.15) is 22.1 Å². The number of aromatic nitrogens is 2. The van der Waals surface area contributed by atoms with E-state index in [0.29, 0.717) is 5.89 Å². The summed E-state index contributed by atoms with van der Waals surface area (Å²) in [6.45, 7) is 1.49. The third kappa shape index (κ3) is 2.62. The number of nitrogens with zero attached hydrogens (tertiary/aromatic N) is 2. The molecular formula is C11H9FN2O4. The highest BCUT2D eigenvalue weighted by molar-refractivity contribution is 5.90. The second-order valence-corrected chi connectivity index (χ2v) is 3.45. The minimum atomic E-state index is -1.20. The van der Waals surface area contributed by atoms with Crippen LogP contribution in [0.2, 0.25) is 0 Å². The smallest absolute Gasteiger partial charge is 0.339 e. The number of benzene rings is 1. The molecule has 0 atom stereocenters. The Hall–Kier alpha value is -2.44. The van der Waals surface area contributed by atoms with Crippen molar-refractivity contribution in [3.05, 3.63) is 41.4 Å². The average molecular weight is 252 g/mol. The number of carboxylic acids is 1. The lowest BCUT2D eigenvalue weighted by Gasteiger charge is -2.06. The van der Waals surface area contributed by atoms with Crippen LogP contribution in [0.15, 0.2) is 22.6 Å². The van der Waals surface area contributed by atoms with Gasteiger partial charge in [0.15, 0.2) is 6.61 Å². The van der Waals surface area contributed by atoms with Gasteiger partial charge in [0.2, 0.25) is 5.89 Å². The zero-order chi connectivity index (χ0) is 13.1. The van der Waals surface area contributed by atoms with Crippen molar-refractivity contribution in [2.75, 3.05) is 0 Å². The first-order valence-electron chi connectivity index (χ1n) is 5.01. The molecule has 0 saturated carbocycles. The van der Waals surface area contributed by atoms with Gasteiger partial charge in [-0.25, -0.2) is 9.18 Å². The molecule has 7 heteroatoms. The van der Waals surface area contributed by atoms with Gasteiger partial charge in [-0.3, -0.25) is 0 Å². The third-order valence-corrected chi connectivity index (χ3v) is 2.09. The maximum atomic E-state index is 13.0. The number of carboxylic acid groups (broad SMARTS) is 1. The molecule has 0 aliphatic heterocycles. The first-order valence-corrected chi connectivity index (χ1v) is 5.01. The van der Waals surface area contributed by atoms with Crippen LogP contribution in [0.3, 0.4) is 0 Å². The molecule has 18 heavy (non-hydrogen) atoms. The fourth-order valence-corrected chi connectivity index (χ4v) is 1.33. The molecule has 1 aromatic carbocycles. The van der Waals surface area contributed by atoms with E-state index in [9.17, 15) is 9.18 Å². The molecule has 0 saturated heterocycles. The average Bonchev–Trinajstić information content (AvgIpc) is 2.72. The maximum absolute atomic E-state index is 13.0. The lowest BCUT2D eigenvalue weighted by Crippen LogP contribution is -2.04. The molecule has 1 N–H and O–H groups in total. The van der Waals surface area contributed by atoms with E-state index in [-0.39, 0.29) is 23.8 Å². The summed E-state index contributed by atoms with van der Waals surface area (Å²) in [4.78, 5) is 10.9. The van der Waals surface area contributed by atoms with Crippen LogP contribution in [0, 0.1) is 12.7 Å². The number of aryl methyl sites for hydroxylation is 1. The van der Waals surface area contributed by atoms with Crippen molar-refractivity contribution in [3.63, 3.8) is 0 Å². The van der Waals surface area contributed by atoms with E-state index in [4.69, 9.17) is 14.3 Å². The number of carbonyl (C=O) groups is 1. The van der Waals surface area contributed by atoms with Gasteiger partial charge in [-0.2, -0.15) is 0 Å². The molecule has 94 valence electrons. The topological polar surface area (TPSA) is 85.5 Å². The molecule has 0 bridgehead atoms. The molecule has 0 aliphatic rings. The molecule has 6 nitrogen and oxygen atoms in total. The Balaban J connectivity index is 2.17. The first kappa shape index (κ1) is 12.0. The van der Waals surface area contributed by atoms with Crippen molar-refractivity contribution < 1.29 is 23.4 Å². The molecule has 0 aliphatic carbocycles. The highest BCUT2D eigenvalue weighted by atomic mass is 19.1. The molecule has 0 spiro atoms. The summed E-state index contributed by atoms with van der Waals surface area (Å²) in [5.41, 5.74) is -0.132. The Morgan fingerprint density at radius 3 is 2.89 bits per heavy atom. The Morgan fingerprint density at radius 2 is 2.28 bits per heavy atom. The number of hydrogen-bond donors (Lipinski definition) is 1. The van der Waals surface area contributed by atoms with E-state index < -0.39 is 11.8 Å². The quantitative estimate of drug-likeness (QED) is 0.892. The van der Waals surface area contributed by atoms with Crippen molar-refractivity contribution >= 4 is 5.97 Å². The van der Waals surface area contributed by atoms with E-state index in [1.807, 2.05) is 0 Å². The summed E-state index contributed by atoms with van der Waals surface area (Å²) < 4.78 is 23.2.